The Morgan fingerprint density at radius 3 is 2.62 bits per heavy atom. The molecule has 0 amide bonds. The van der Waals surface area contributed by atoms with Gasteiger partial charge in [-0.3, -0.25) is 0 Å². The van der Waals surface area contributed by atoms with Crippen molar-refractivity contribution in [3.05, 3.63) is 35.9 Å². The summed E-state index contributed by atoms with van der Waals surface area (Å²) in [6, 6.07) is 11.7. The molecule has 3 atom stereocenters. The molecule has 16 heavy (non-hydrogen) atoms. The summed E-state index contributed by atoms with van der Waals surface area (Å²) in [5.41, 5.74) is 1.53. The standard InChI is InChI=1S/C15H23N/c1-3-8-15(16-4-2)14-11-13(14)12-9-6-5-7-10-12/h5-7,9-10,13-16H,3-4,8,11H2,1-2H3. The second kappa shape index (κ2) is 5.49. The number of hydrogen-bond donors (Lipinski definition) is 1. The Morgan fingerprint density at radius 1 is 1.25 bits per heavy atom. The zero-order valence-corrected chi connectivity index (χ0v) is 10.4. The highest BCUT2D eigenvalue weighted by molar-refractivity contribution is 5.26. The van der Waals surface area contributed by atoms with Crippen LogP contribution in [0.2, 0.25) is 0 Å². The minimum Gasteiger partial charge on any atom is -0.314 e. The summed E-state index contributed by atoms with van der Waals surface area (Å²) in [4.78, 5) is 0. The van der Waals surface area contributed by atoms with Gasteiger partial charge in [-0.25, -0.2) is 0 Å². The Bertz CT molecular complexity index is 300. The summed E-state index contributed by atoms with van der Waals surface area (Å²) in [5, 5.41) is 3.65. The van der Waals surface area contributed by atoms with Crippen molar-refractivity contribution < 1.29 is 0 Å². The van der Waals surface area contributed by atoms with Gasteiger partial charge in [0.2, 0.25) is 0 Å². The molecule has 1 N–H and O–H groups in total. The first kappa shape index (κ1) is 11.7. The molecule has 0 spiro atoms. The van der Waals surface area contributed by atoms with Gasteiger partial charge in [0.05, 0.1) is 0 Å². The number of nitrogens with one attached hydrogen (secondary N) is 1. The third-order valence-electron chi connectivity index (χ3n) is 3.65. The van der Waals surface area contributed by atoms with E-state index in [0.717, 1.165) is 24.4 Å². The lowest BCUT2D eigenvalue weighted by molar-refractivity contribution is 0.435. The zero-order chi connectivity index (χ0) is 11.4. The van der Waals surface area contributed by atoms with Crippen LogP contribution < -0.4 is 5.32 Å². The van der Waals surface area contributed by atoms with Crippen molar-refractivity contribution in [3.63, 3.8) is 0 Å². The Kier molecular flexibility index (Phi) is 4.00. The molecule has 1 aromatic rings. The molecule has 0 saturated heterocycles. The van der Waals surface area contributed by atoms with Crippen molar-refractivity contribution in [1.82, 2.24) is 5.32 Å². The van der Waals surface area contributed by atoms with Crippen molar-refractivity contribution in [2.45, 2.75) is 45.1 Å². The topological polar surface area (TPSA) is 12.0 Å². The van der Waals surface area contributed by atoms with Crippen molar-refractivity contribution in [2.75, 3.05) is 6.54 Å². The summed E-state index contributed by atoms with van der Waals surface area (Å²) in [7, 11) is 0. The van der Waals surface area contributed by atoms with Gasteiger partial charge in [0.1, 0.15) is 0 Å². The van der Waals surface area contributed by atoms with Crippen LogP contribution in [0.25, 0.3) is 0 Å². The molecule has 1 saturated carbocycles. The van der Waals surface area contributed by atoms with Gasteiger partial charge in [-0.1, -0.05) is 50.6 Å². The molecule has 1 nitrogen and oxygen atoms in total. The van der Waals surface area contributed by atoms with Crippen LogP contribution in [0.4, 0.5) is 0 Å². The number of benzene rings is 1. The second-order valence-electron chi connectivity index (χ2n) is 4.87. The lowest BCUT2D eigenvalue weighted by Gasteiger charge is -2.17. The normalized spacial score (nSPS) is 25.4. The average molecular weight is 217 g/mol. The molecule has 88 valence electrons. The third kappa shape index (κ3) is 2.65. The van der Waals surface area contributed by atoms with Gasteiger partial charge in [-0.05, 0) is 36.8 Å². The third-order valence-corrected chi connectivity index (χ3v) is 3.65. The first-order valence-corrected chi connectivity index (χ1v) is 6.65. The van der Waals surface area contributed by atoms with E-state index in [1.807, 2.05) is 0 Å². The lowest BCUT2D eigenvalue weighted by atomic mass is 10.0. The van der Waals surface area contributed by atoms with Gasteiger partial charge in [-0.2, -0.15) is 0 Å². The van der Waals surface area contributed by atoms with Gasteiger partial charge in [0, 0.05) is 6.04 Å². The van der Waals surface area contributed by atoms with Crippen LogP contribution in [0, 0.1) is 5.92 Å². The Labute approximate surface area is 99.3 Å². The highest BCUT2D eigenvalue weighted by Crippen LogP contribution is 2.50. The fraction of sp³-hybridized carbons (Fsp3) is 0.600. The summed E-state index contributed by atoms with van der Waals surface area (Å²) in [6.45, 7) is 5.59. The van der Waals surface area contributed by atoms with Gasteiger partial charge in [0.15, 0.2) is 0 Å². The molecular weight excluding hydrogens is 194 g/mol. The first-order valence-electron chi connectivity index (χ1n) is 6.65. The fourth-order valence-electron chi connectivity index (χ4n) is 2.78. The molecule has 0 aliphatic heterocycles. The van der Waals surface area contributed by atoms with Crippen LogP contribution >= 0.6 is 0 Å². The lowest BCUT2D eigenvalue weighted by Crippen LogP contribution is -2.31. The van der Waals surface area contributed by atoms with Crippen LogP contribution in [-0.4, -0.2) is 12.6 Å². The highest BCUT2D eigenvalue weighted by atomic mass is 14.9. The van der Waals surface area contributed by atoms with E-state index in [4.69, 9.17) is 0 Å². The van der Waals surface area contributed by atoms with Gasteiger partial charge >= 0.3 is 0 Å². The molecule has 0 aromatic heterocycles. The van der Waals surface area contributed by atoms with E-state index in [2.05, 4.69) is 49.5 Å². The average Bonchev–Trinajstić information content (AvgIpc) is 3.10. The maximum absolute atomic E-state index is 3.65. The Balaban J connectivity index is 1.93. The summed E-state index contributed by atoms with van der Waals surface area (Å²) in [5.74, 6) is 1.69. The van der Waals surface area contributed by atoms with E-state index >= 15 is 0 Å². The molecule has 0 radical (unpaired) electrons. The van der Waals surface area contributed by atoms with Crippen molar-refractivity contribution in [3.8, 4) is 0 Å². The quantitative estimate of drug-likeness (QED) is 0.768. The predicted molar refractivity (Wildman–Crippen MR) is 69.7 cm³/mol. The van der Waals surface area contributed by atoms with Crippen LogP contribution in [0.5, 0.6) is 0 Å². The Morgan fingerprint density at radius 2 is 2.00 bits per heavy atom. The predicted octanol–water partition coefficient (Wildman–Crippen LogP) is 3.57. The maximum Gasteiger partial charge on any atom is 0.0101 e. The van der Waals surface area contributed by atoms with E-state index in [0.29, 0.717) is 0 Å². The van der Waals surface area contributed by atoms with Crippen molar-refractivity contribution >= 4 is 0 Å². The van der Waals surface area contributed by atoms with Crippen molar-refractivity contribution in [1.29, 1.82) is 0 Å². The molecule has 1 fully saturated rings. The zero-order valence-electron chi connectivity index (χ0n) is 10.4. The molecular formula is C15H23N. The van der Waals surface area contributed by atoms with E-state index in [1.54, 1.807) is 0 Å². The minimum absolute atomic E-state index is 0.736. The maximum atomic E-state index is 3.65. The highest BCUT2D eigenvalue weighted by Gasteiger charge is 2.42. The molecule has 3 unspecified atom stereocenters. The summed E-state index contributed by atoms with van der Waals surface area (Å²) < 4.78 is 0. The monoisotopic (exact) mass is 217 g/mol. The van der Waals surface area contributed by atoms with Crippen LogP contribution in [0.1, 0.15) is 44.6 Å². The summed E-state index contributed by atoms with van der Waals surface area (Å²) >= 11 is 0. The smallest absolute Gasteiger partial charge is 0.0101 e. The van der Waals surface area contributed by atoms with E-state index in [9.17, 15) is 0 Å². The molecule has 1 heteroatoms. The van der Waals surface area contributed by atoms with Gasteiger partial charge < -0.3 is 5.32 Å². The molecule has 0 heterocycles. The summed E-state index contributed by atoms with van der Waals surface area (Å²) in [6.07, 6.45) is 3.99. The Hall–Kier alpha value is -0.820. The van der Waals surface area contributed by atoms with Gasteiger partial charge in [-0.15, -0.1) is 0 Å². The molecule has 0 bridgehead atoms. The SMILES string of the molecule is CCCC(NCC)C1CC1c1ccccc1. The largest absolute Gasteiger partial charge is 0.314 e. The molecule has 2 rings (SSSR count). The number of rotatable bonds is 6. The van der Waals surface area contributed by atoms with Gasteiger partial charge in [0.25, 0.3) is 0 Å². The molecule has 1 aliphatic carbocycles. The van der Waals surface area contributed by atoms with Crippen LogP contribution in [0.3, 0.4) is 0 Å². The fourth-order valence-corrected chi connectivity index (χ4v) is 2.78. The minimum atomic E-state index is 0.736. The molecule has 1 aromatic carbocycles. The second-order valence-corrected chi connectivity index (χ2v) is 4.87. The first-order chi connectivity index (χ1) is 7.86. The van der Waals surface area contributed by atoms with E-state index < -0.39 is 0 Å². The van der Waals surface area contributed by atoms with Crippen LogP contribution in [0.15, 0.2) is 30.3 Å². The van der Waals surface area contributed by atoms with E-state index in [1.165, 1.54) is 24.8 Å². The van der Waals surface area contributed by atoms with Crippen LogP contribution in [-0.2, 0) is 0 Å². The van der Waals surface area contributed by atoms with Crippen molar-refractivity contribution in [2.24, 2.45) is 5.92 Å². The van der Waals surface area contributed by atoms with E-state index in [-0.39, 0.29) is 0 Å². The molecule has 1 aliphatic rings. The number of hydrogen-bond acceptors (Lipinski definition) is 1.